The number of esters is 1. The van der Waals surface area contributed by atoms with Gasteiger partial charge in [0.25, 0.3) is 0 Å². The summed E-state index contributed by atoms with van der Waals surface area (Å²) in [5, 5.41) is 5.58. The summed E-state index contributed by atoms with van der Waals surface area (Å²) in [4.78, 5) is 25.8. The van der Waals surface area contributed by atoms with Crippen molar-refractivity contribution in [2.24, 2.45) is 5.41 Å². The molecule has 178 valence electrons. The third-order valence-corrected chi connectivity index (χ3v) is 5.31. The molecule has 0 bridgehead atoms. The first-order valence-corrected chi connectivity index (χ1v) is 11.9. The van der Waals surface area contributed by atoms with Crippen LogP contribution < -0.4 is 10.6 Å². The molecule has 1 atom stereocenters. The molecule has 8 heteroatoms. The molecule has 0 aromatic heterocycles. The van der Waals surface area contributed by atoms with Crippen LogP contribution in [0.2, 0.25) is 0 Å². The quantitative estimate of drug-likeness (QED) is 0.343. The lowest BCUT2D eigenvalue weighted by atomic mass is 9.75. The van der Waals surface area contributed by atoms with E-state index in [0.29, 0.717) is 12.0 Å². The Balaban J connectivity index is 2.29. The molecule has 0 spiro atoms. The van der Waals surface area contributed by atoms with Gasteiger partial charge >= 0.3 is 12.1 Å². The van der Waals surface area contributed by atoms with Crippen molar-refractivity contribution in [1.29, 1.82) is 0 Å². The van der Waals surface area contributed by atoms with Crippen LogP contribution in [-0.2, 0) is 26.4 Å². The number of carbonyl (C=O) groups is 2. The maximum atomic E-state index is 13.5. The average molecular weight is 536 g/mol. The zero-order chi connectivity index (χ0) is 24.6. The predicted octanol–water partition coefficient (Wildman–Crippen LogP) is 5.83. The Morgan fingerprint density at radius 3 is 2.18 bits per heavy atom. The first-order valence-electron chi connectivity index (χ1n) is 10.7. The maximum Gasteiger partial charge on any atom is 0.413 e. The standard InChI is InChI=1S/C25H31BrN2O4S/c1-17(2)32-21(29)25(16-24(3,4)5,19-11-13-20(26)14-12-19)28-22(33)27-23(30)31-15-18-9-7-6-8-10-18/h6-14,17H,15-16H2,1-5H3,(H2,27,28,30,33). The van der Waals surface area contributed by atoms with Gasteiger partial charge in [-0.15, -0.1) is 0 Å². The number of hydrogen-bond acceptors (Lipinski definition) is 5. The summed E-state index contributed by atoms with van der Waals surface area (Å²) in [6, 6.07) is 16.7. The Morgan fingerprint density at radius 1 is 1.03 bits per heavy atom. The minimum absolute atomic E-state index is 0.0269. The summed E-state index contributed by atoms with van der Waals surface area (Å²) in [5.74, 6) is -0.475. The van der Waals surface area contributed by atoms with Gasteiger partial charge in [0.05, 0.1) is 6.10 Å². The summed E-state index contributed by atoms with van der Waals surface area (Å²) in [5.41, 5.74) is -0.0657. The number of halogens is 1. The highest BCUT2D eigenvalue weighted by molar-refractivity contribution is 9.10. The van der Waals surface area contributed by atoms with Crippen LogP contribution in [-0.4, -0.2) is 23.3 Å². The second-order valence-electron chi connectivity index (χ2n) is 9.24. The van der Waals surface area contributed by atoms with E-state index in [9.17, 15) is 9.59 Å². The molecule has 2 N–H and O–H groups in total. The Labute approximate surface area is 209 Å². The SMILES string of the molecule is CC(C)OC(=O)C(CC(C)(C)C)(NC(=S)NC(=O)OCc1ccccc1)c1ccc(Br)cc1. The van der Waals surface area contributed by atoms with Crippen molar-refractivity contribution in [2.75, 3.05) is 0 Å². The second kappa shape index (κ2) is 11.6. The van der Waals surface area contributed by atoms with E-state index < -0.39 is 17.6 Å². The highest BCUT2D eigenvalue weighted by Crippen LogP contribution is 2.37. The molecule has 1 unspecified atom stereocenters. The van der Waals surface area contributed by atoms with Crippen LogP contribution >= 0.6 is 28.1 Å². The number of hydrogen-bond donors (Lipinski definition) is 2. The fourth-order valence-electron chi connectivity index (χ4n) is 3.38. The molecule has 0 aliphatic carbocycles. The van der Waals surface area contributed by atoms with Crippen LogP contribution in [0.1, 0.15) is 52.2 Å². The van der Waals surface area contributed by atoms with Crippen molar-refractivity contribution < 1.29 is 19.1 Å². The van der Waals surface area contributed by atoms with Gasteiger partial charge in [0.1, 0.15) is 6.61 Å². The Kier molecular flexibility index (Phi) is 9.43. The summed E-state index contributed by atoms with van der Waals surface area (Å²) in [7, 11) is 0. The summed E-state index contributed by atoms with van der Waals surface area (Å²) < 4.78 is 11.8. The van der Waals surface area contributed by atoms with Crippen molar-refractivity contribution in [3.8, 4) is 0 Å². The van der Waals surface area contributed by atoms with E-state index in [4.69, 9.17) is 21.7 Å². The van der Waals surface area contributed by atoms with E-state index >= 15 is 0 Å². The van der Waals surface area contributed by atoms with Gasteiger partial charge in [-0.25, -0.2) is 9.59 Å². The number of rotatable bonds is 7. The van der Waals surface area contributed by atoms with E-state index in [1.807, 2.05) is 75.4 Å². The highest BCUT2D eigenvalue weighted by atomic mass is 79.9. The number of nitrogens with one attached hydrogen (secondary N) is 2. The molecule has 0 fully saturated rings. The molecule has 33 heavy (non-hydrogen) atoms. The molecule has 2 aromatic rings. The molecule has 0 heterocycles. The third-order valence-electron chi connectivity index (χ3n) is 4.58. The molecular formula is C25H31BrN2O4S. The van der Waals surface area contributed by atoms with Gasteiger partial charge < -0.3 is 14.8 Å². The van der Waals surface area contributed by atoms with E-state index in [1.165, 1.54) is 0 Å². The van der Waals surface area contributed by atoms with Crippen LogP contribution in [0.3, 0.4) is 0 Å². The van der Waals surface area contributed by atoms with Crippen LogP contribution in [0, 0.1) is 5.41 Å². The molecule has 0 saturated carbocycles. The number of amides is 1. The molecule has 1 amide bonds. The minimum atomic E-state index is -1.31. The monoisotopic (exact) mass is 534 g/mol. The topological polar surface area (TPSA) is 76.7 Å². The highest BCUT2D eigenvalue weighted by Gasteiger charge is 2.46. The largest absolute Gasteiger partial charge is 0.461 e. The van der Waals surface area contributed by atoms with Gasteiger partial charge in [0, 0.05) is 4.47 Å². The Morgan fingerprint density at radius 2 is 1.64 bits per heavy atom. The Hall–Kier alpha value is -2.45. The smallest absolute Gasteiger partial charge is 0.413 e. The van der Waals surface area contributed by atoms with Gasteiger partial charge in [0.2, 0.25) is 0 Å². The first-order chi connectivity index (χ1) is 15.4. The van der Waals surface area contributed by atoms with Crippen LogP contribution in [0.5, 0.6) is 0 Å². The molecule has 0 aliphatic rings. The molecular weight excluding hydrogens is 504 g/mol. The average Bonchev–Trinajstić information content (AvgIpc) is 2.71. The van der Waals surface area contributed by atoms with Crippen LogP contribution in [0.4, 0.5) is 4.79 Å². The molecule has 2 aromatic carbocycles. The van der Waals surface area contributed by atoms with Crippen molar-refractivity contribution in [1.82, 2.24) is 10.6 Å². The summed E-state index contributed by atoms with van der Waals surface area (Å²) in [6.07, 6.45) is -0.672. The lowest BCUT2D eigenvalue weighted by Crippen LogP contribution is -2.58. The van der Waals surface area contributed by atoms with Crippen molar-refractivity contribution >= 4 is 45.3 Å². The number of ether oxygens (including phenoxy) is 2. The second-order valence-corrected chi connectivity index (χ2v) is 10.6. The fraction of sp³-hybridized carbons (Fsp3) is 0.400. The normalized spacial score (nSPS) is 13.1. The zero-order valence-corrected chi connectivity index (χ0v) is 22.0. The number of alkyl carbamates (subject to hydrolysis) is 1. The van der Waals surface area contributed by atoms with Gasteiger partial charge in [-0.2, -0.15) is 0 Å². The molecule has 6 nitrogen and oxygen atoms in total. The van der Waals surface area contributed by atoms with Crippen molar-refractivity contribution in [2.45, 2.75) is 59.3 Å². The van der Waals surface area contributed by atoms with E-state index in [2.05, 4.69) is 26.6 Å². The van der Waals surface area contributed by atoms with Crippen molar-refractivity contribution in [3.05, 3.63) is 70.2 Å². The van der Waals surface area contributed by atoms with Crippen LogP contribution in [0.25, 0.3) is 0 Å². The number of thiocarbonyl (C=S) groups is 1. The zero-order valence-electron chi connectivity index (χ0n) is 19.6. The number of benzene rings is 2. The van der Waals surface area contributed by atoms with Crippen LogP contribution in [0.15, 0.2) is 59.1 Å². The molecule has 0 aliphatic heterocycles. The number of carbonyl (C=O) groups excluding carboxylic acids is 2. The van der Waals surface area contributed by atoms with Gasteiger partial charge in [-0.3, -0.25) is 5.32 Å². The maximum absolute atomic E-state index is 13.5. The summed E-state index contributed by atoms with van der Waals surface area (Å²) in [6.45, 7) is 9.75. The van der Waals surface area contributed by atoms with Gasteiger partial charge in [-0.1, -0.05) is 79.2 Å². The molecule has 0 radical (unpaired) electrons. The van der Waals surface area contributed by atoms with E-state index in [-0.39, 0.29) is 23.2 Å². The van der Waals surface area contributed by atoms with E-state index in [1.54, 1.807) is 13.8 Å². The Bertz CT molecular complexity index is 959. The summed E-state index contributed by atoms with van der Waals surface area (Å²) >= 11 is 8.85. The minimum Gasteiger partial charge on any atom is -0.461 e. The predicted molar refractivity (Wildman–Crippen MR) is 137 cm³/mol. The molecule has 2 rings (SSSR count). The van der Waals surface area contributed by atoms with Gasteiger partial charge in [-0.05, 0) is 61.2 Å². The van der Waals surface area contributed by atoms with Gasteiger partial charge in [0.15, 0.2) is 10.7 Å². The van der Waals surface area contributed by atoms with Crippen molar-refractivity contribution in [3.63, 3.8) is 0 Å². The fourth-order valence-corrected chi connectivity index (χ4v) is 3.90. The lowest BCUT2D eigenvalue weighted by Gasteiger charge is -2.39. The van der Waals surface area contributed by atoms with E-state index in [0.717, 1.165) is 10.0 Å². The lowest BCUT2D eigenvalue weighted by molar-refractivity contribution is -0.157. The first kappa shape index (κ1) is 26.8. The molecule has 0 saturated heterocycles. The third kappa shape index (κ3) is 8.44.